The summed E-state index contributed by atoms with van der Waals surface area (Å²) in [6.45, 7) is 4.01. The van der Waals surface area contributed by atoms with Gasteiger partial charge in [-0.25, -0.2) is 4.79 Å². The molecule has 0 atom stereocenters. The van der Waals surface area contributed by atoms with E-state index < -0.39 is 5.97 Å². The molecule has 1 heterocycles. The predicted octanol–water partition coefficient (Wildman–Crippen LogP) is 3.31. The lowest BCUT2D eigenvalue weighted by Gasteiger charge is -2.08. The molecule has 2 aromatic rings. The molecule has 0 bridgehead atoms. The SMILES string of the molecule is CCCCc1c(C(=O)OCC)oc2ccccc2c1=O. The molecule has 0 spiro atoms. The first-order valence-electron chi connectivity index (χ1n) is 6.90. The molecule has 1 aromatic carbocycles. The molecule has 0 aliphatic rings. The van der Waals surface area contributed by atoms with Gasteiger partial charge in [0.2, 0.25) is 5.76 Å². The molecule has 0 fully saturated rings. The topological polar surface area (TPSA) is 56.5 Å². The lowest BCUT2D eigenvalue weighted by molar-refractivity contribution is 0.0488. The van der Waals surface area contributed by atoms with Gasteiger partial charge >= 0.3 is 5.97 Å². The summed E-state index contributed by atoms with van der Waals surface area (Å²) in [5, 5.41) is 0.506. The fourth-order valence-corrected chi connectivity index (χ4v) is 2.12. The van der Waals surface area contributed by atoms with Gasteiger partial charge in [0, 0.05) is 0 Å². The molecule has 0 radical (unpaired) electrons. The summed E-state index contributed by atoms with van der Waals surface area (Å²) in [5.41, 5.74) is 0.702. The molecule has 4 heteroatoms. The largest absolute Gasteiger partial charge is 0.460 e. The molecule has 0 saturated heterocycles. The third kappa shape index (κ3) is 2.74. The number of fused-ring (bicyclic) bond motifs is 1. The predicted molar refractivity (Wildman–Crippen MR) is 77.1 cm³/mol. The van der Waals surface area contributed by atoms with Crippen LogP contribution < -0.4 is 5.43 Å². The molecular formula is C16H18O4. The van der Waals surface area contributed by atoms with Crippen molar-refractivity contribution in [1.29, 1.82) is 0 Å². The average molecular weight is 274 g/mol. The van der Waals surface area contributed by atoms with E-state index in [4.69, 9.17) is 9.15 Å². The Balaban J connectivity index is 2.63. The first-order valence-corrected chi connectivity index (χ1v) is 6.90. The molecule has 0 N–H and O–H groups in total. The molecule has 0 amide bonds. The summed E-state index contributed by atoms with van der Waals surface area (Å²) in [5.74, 6) is -0.523. The van der Waals surface area contributed by atoms with Crippen LogP contribution in [0.25, 0.3) is 11.0 Å². The molecule has 2 rings (SSSR count). The number of carbonyl (C=O) groups is 1. The van der Waals surface area contributed by atoms with Crippen molar-refractivity contribution in [3.63, 3.8) is 0 Å². The Morgan fingerprint density at radius 3 is 2.70 bits per heavy atom. The van der Waals surface area contributed by atoms with Gasteiger partial charge in [0.25, 0.3) is 0 Å². The summed E-state index contributed by atoms with van der Waals surface area (Å²) < 4.78 is 10.6. The molecule has 0 saturated carbocycles. The second-order valence-corrected chi connectivity index (χ2v) is 4.56. The number of esters is 1. The van der Waals surface area contributed by atoms with Gasteiger partial charge in [0.1, 0.15) is 5.58 Å². The van der Waals surface area contributed by atoms with Gasteiger partial charge < -0.3 is 9.15 Å². The van der Waals surface area contributed by atoms with Crippen LogP contribution in [0, 0.1) is 0 Å². The smallest absolute Gasteiger partial charge is 0.374 e. The maximum Gasteiger partial charge on any atom is 0.374 e. The highest BCUT2D eigenvalue weighted by Crippen LogP contribution is 2.18. The van der Waals surface area contributed by atoms with E-state index in [1.807, 2.05) is 6.92 Å². The maximum atomic E-state index is 12.5. The number of benzene rings is 1. The summed E-state index contributed by atoms with van der Waals surface area (Å²) in [4.78, 5) is 24.5. The lowest BCUT2D eigenvalue weighted by atomic mass is 10.0. The molecular weight excluding hydrogens is 256 g/mol. The van der Waals surface area contributed by atoms with Crippen molar-refractivity contribution in [2.24, 2.45) is 0 Å². The Bertz CT molecular complexity index is 670. The maximum absolute atomic E-state index is 12.5. The van der Waals surface area contributed by atoms with E-state index in [0.717, 1.165) is 12.8 Å². The third-order valence-corrected chi connectivity index (χ3v) is 3.13. The number of hydrogen-bond acceptors (Lipinski definition) is 4. The van der Waals surface area contributed by atoms with Crippen LogP contribution in [0.4, 0.5) is 0 Å². The van der Waals surface area contributed by atoms with Crippen LogP contribution in [-0.2, 0) is 11.2 Å². The lowest BCUT2D eigenvalue weighted by Crippen LogP contribution is -2.17. The number of rotatable bonds is 5. The van der Waals surface area contributed by atoms with Crippen molar-refractivity contribution in [2.75, 3.05) is 6.61 Å². The molecule has 0 aliphatic heterocycles. The minimum absolute atomic E-state index is 0.0454. The van der Waals surface area contributed by atoms with Gasteiger partial charge in [0.05, 0.1) is 17.6 Å². The van der Waals surface area contributed by atoms with Crippen LogP contribution in [-0.4, -0.2) is 12.6 Å². The number of carbonyl (C=O) groups excluding carboxylic acids is 1. The summed E-state index contributed by atoms with van der Waals surface area (Å²) >= 11 is 0. The van der Waals surface area contributed by atoms with E-state index >= 15 is 0 Å². The minimum atomic E-state index is -0.568. The van der Waals surface area contributed by atoms with Crippen LogP contribution in [0.15, 0.2) is 33.5 Å². The Morgan fingerprint density at radius 1 is 1.25 bits per heavy atom. The monoisotopic (exact) mass is 274 g/mol. The van der Waals surface area contributed by atoms with Gasteiger partial charge in [-0.1, -0.05) is 25.5 Å². The molecule has 0 aliphatic carbocycles. The Morgan fingerprint density at radius 2 is 2.00 bits per heavy atom. The Kier molecular flexibility index (Phi) is 4.56. The van der Waals surface area contributed by atoms with Gasteiger partial charge in [-0.05, 0) is 31.9 Å². The number of ether oxygens (including phenoxy) is 1. The fraction of sp³-hybridized carbons (Fsp3) is 0.375. The van der Waals surface area contributed by atoms with E-state index in [1.54, 1.807) is 31.2 Å². The first kappa shape index (κ1) is 14.3. The van der Waals surface area contributed by atoms with Crippen molar-refractivity contribution < 1.29 is 13.9 Å². The normalized spacial score (nSPS) is 10.7. The molecule has 4 nitrogen and oxygen atoms in total. The van der Waals surface area contributed by atoms with Crippen LogP contribution in [0.1, 0.15) is 42.8 Å². The fourth-order valence-electron chi connectivity index (χ4n) is 2.12. The quantitative estimate of drug-likeness (QED) is 0.785. The van der Waals surface area contributed by atoms with Crippen LogP contribution >= 0.6 is 0 Å². The minimum Gasteiger partial charge on any atom is -0.460 e. The van der Waals surface area contributed by atoms with Gasteiger partial charge in [-0.15, -0.1) is 0 Å². The van der Waals surface area contributed by atoms with Crippen molar-refractivity contribution in [1.82, 2.24) is 0 Å². The van der Waals surface area contributed by atoms with Crippen LogP contribution in [0.3, 0.4) is 0 Å². The van der Waals surface area contributed by atoms with E-state index in [0.29, 0.717) is 23.0 Å². The van der Waals surface area contributed by atoms with Crippen LogP contribution in [0.2, 0.25) is 0 Å². The molecule has 106 valence electrons. The molecule has 0 unspecified atom stereocenters. The van der Waals surface area contributed by atoms with Gasteiger partial charge in [-0.3, -0.25) is 4.79 Å². The van der Waals surface area contributed by atoms with Gasteiger partial charge in [0.15, 0.2) is 5.43 Å². The summed E-state index contributed by atoms with van der Waals surface area (Å²) in [6.07, 6.45) is 2.29. The highest BCUT2D eigenvalue weighted by molar-refractivity contribution is 5.90. The van der Waals surface area contributed by atoms with E-state index in [-0.39, 0.29) is 17.8 Å². The van der Waals surface area contributed by atoms with E-state index in [2.05, 4.69) is 0 Å². The number of para-hydroxylation sites is 1. The Labute approximate surface area is 117 Å². The van der Waals surface area contributed by atoms with Crippen molar-refractivity contribution >= 4 is 16.9 Å². The molecule has 20 heavy (non-hydrogen) atoms. The first-order chi connectivity index (χ1) is 9.69. The number of hydrogen-bond donors (Lipinski definition) is 0. The third-order valence-electron chi connectivity index (χ3n) is 3.13. The van der Waals surface area contributed by atoms with E-state index in [1.165, 1.54) is 0 Å². The van der Waals surface area contributed by atoms with Crippen molar-refractivity contribution in [3.8, 4) is 0 Å². The second kappa shape index (κ2) is 6.37. The van der Waals surface area contributed by atoms with Gasteiger partial charge in [-0.2, -0.15) is 0 Å². The van der Waals surface area contributed by atoms with Crippen LogP contribution in [0.5, 0.6) is 0 Å². The standard InChI is InChI=1S/C16H18O4/c1-3-5-8-12-14(17)11-9-6-7-10-13(11)20-15(12)16(18)19-4-2/h6-7,9-10H,3-5,8H2,1-2H3. The zero-order valence-corrected chi connectivity index (χ0v) is 11.8. The summed E-state index contributed by atoms with van der Waals surface area (Å²) in [7, 11) is 0. The van der Waals surface area contributed by atoms with Crippen molar-refractivity contribution in [2.45, 2.75) is 33.1 Å². The average Bonchev–Trinajstić information content (AvgIpc) is 2.46. The second-order valence-electron chi connectivity index (χ2n) is 4.56. The zero-order chi connectivity index (χ0) is 14.5. The van der Waals surface area contributed by atoms with E-state index in [9.17, 15) is 9.59 Å². The van der Waals surface area contributed by atoms with Crippen molar-refractivity contribution in [3.05, 3.63) is 45.8 Å². The summed E-state index contributed by atoms with van der Waals surface area (Å²) in [6, 6.07) is 6.95. The zero-order valence-electron chi connectivity index (χ0n) is 11.8. The Hall–Kier alpha value is -2.10. The molecule has 1 aromatic heterocycles. The highest BCUT2D eigenvalue weighted by Gasteiger charge is 2.20. The highest BCUT2D eigenvalue weighted by atomic mass is 16.5. The number of unbranched alkanes of at least 4 members (excludes halogenated alkanes) is 1.